The number of amidine groups is 2. The lowest BCUT2D eigenvalue weighted by Crippen LogP contribution is -2.35. The molecule has 0 fully saturated rings. The summed E-state index contributed by atoms with van der Waals surface area (Å²) in [5.74, 6) is 1.47. The average molecular weight is 465 g/mol. The zero-order valence-electron chi connectivity index (χ0n) is 18.4. The van der Waals surface area contributed by atoms with Gasteiger partial charge in [0.2, 0.25) is 5.17 Å². The molecule has 1 N–H and O–H groups in total. The van der Waals surface area contributed by atoms with Gasteiger partial charge in [0, 0.05) is 0 Å². The first-order chi connectivity index (χ1) is 16.1. The lowest BCUT2D eigenvalue weighted by atomic mass is 10.1. The number of benzene rings is 2. The molecule has 2 aromatic rings. The predicted molar refractivity (Wildman–Crippen MR) is 130 cm³/mol. The quantitative estimate of drug-likeness (QED) is 0.431. The Balaban J connectivity index is 1.48. The molecule has 0 aliphatic carbocycles. The first-order valence-electron chi connectivity index (χ1n) is 10.7. The number of hydrogen-bond acceptors (Lipinski definition) is 7. The summed E-state index contributed by atoms with van der Waals surface area (Å²) < 4.78 is 17.2. The molecule has 8 nitrogen and oxygen atoms in total. The van der Waals surface area contributed by atoms with E-state index in [0.717, 1.165) is 17.2 Å². The van der Waals surface area contributed by atoms with Crippen molar-refractivity contribution >= 4 is 39.8 Å². The minimum atomic E-state index is -0.456. The van der Waals surface area contributed by atoms with Crippen molar-refractivity contribution in [3.05, 3.63) is 59.7 Å². The predicted octanol–water partition coefficient (Wildman–Crippen LogP) is 4.57. The molecule has 0 aromatic heterocycles. The zero-order chi connectivity index (χ0) is 23.2. The van der Waals surface area contributed by atoms with Crippen LogP contribution in [0.25, 0.3) is 6.08 Å². The van der Waals surface area contributed by atoms with Crippen LogP contribution in [-0.4, -0.2) is 46.8 Å². The number of ether oxygens (including phenoxy) is 3. The number of carbonyl (C=O) groups excluding carboxylic acids is 1. The Hall–Kier alpha value is -3.59. The second-order valence-electron chi connectivity index (χ2n) is 7.02. The van der Waals surface area contributed by atoms with Crippen LogP contribution in [0.2, 0.25) is 0 Å². The normalized spacial score (nSPS) is 16.4. The molecule has 0 radical (unpaired) electrons. The highest BCUT2D eigenvalue weighted by Gasteiger charge is 2.35. The third-order valence-electron chi connectivity index (χ3n) is 4.73. The maximum absolute atomic E-state index is 12.6. The Bertz CT molecular complexity index is 1140. The van der Waals surface area contributed by atoms with Crippen molar-refractivity contribution in [1.29, 1.82) is 5.41 Å². The Labute approximate surface area is 196 Å². The van der Waals surface area contributed by atoms with E-state index < -0.39 is 5.91 Å². The molecule has 0 atom stereocenters. The molecule has 4 rings (SSSR count). The van der Waals surface area contributed by atoms with Gasteiger partial charge in [-0.05, 0) is 61.0 Å². The number of hydrogen-bond donors (Lipinski definition) is 1. The fraction of sp³-hybridized carbons (Fsp3) is 0.250. The molecule has 2 aliphatic heterocycles. The summed E-state index contributed by atoms with van der Waals surface area (Å²) in [5, 5.41) is 15.5. The van der Waals surface area contributed by atoms with Gasteiger partial charge in [0.15, 0.2) is 17.3 Å². The maximum atomic E-state index is 12.6. The summed E-state index contributed by atoms with van der Waals surface area (Å²) in [6, 6.07) is 14.9. The van der Waals surface area contributed by atoms with Gasteiger partial charge in [-0.1, -0.05) is 31.2 Å². The van der Waals surface area contributed by atoms with Crippen LogP contribution >= 0.6 is 11.8 Å². The van der Waals surface area contributed by atoms with Crippen molar-refractivity contribution in [2.75, 3.05) is 19.8 Å². The smallest absolute Gasteiger partial charge is 0.283 e. The first kappa shape index (κ1) is 22.6. The van der Waals surface area contributed by atoms with Crippen LogP contribution in [-0.2, 0) is 4.79 Å². The number of hydrazone groups is 1. The van der Waals surface area contributed by atoms with E-state index in [0.29, 0.717) is 42.1 Å². The number of carbonyl (C=O) groups is 1. The minimum absolute atomic E-state index is 0.0114. The Morgan fingerprint density at radius 3 is 2.58 bits per heavy atom. The van der Waals surface area contributed by atoms with E-state index >= 15 is 0 Å². The molecule has 0 unspecified atom stereocenters. The summed E-state index contributed by atoms with van der Waals surface area (Å²) in [5.41, 5.74) is 0.873. The third kappa shape index (κ3) is 5.25. The summed E-state index contributed by atoms with van der Waals surface area (Å²) in [4.78, 5) is 16.7. The molecule has 33 heavy (non-hydrogen) atoms. The molecule has 170 valence electrons. The van der Waals surface area contributed by atoms with E-state index in [-0.39, 0.29) is 11.4 Å². The van der Waals surface area contributed by atoms with E-state index in [1.165, 1.54) is 16.8 Å². The van der Waals surface area contributed by atoms with Crippen LogP contribution in [0.15, 0.2) is 64.2 Å². The van der Waals surface area contributed by atoms with Crippen molar-refractivity contribution in [3.63, 3.8) is 0 Å². The van der Waals surface area contributed by atoms with Gasteiger partial charge in [0.25, 0.3) is 5.91 Å². The molecule has 2 heterocycles. The number of nitrogens with zero attached hydrogens (tertiary/aromatic N) is 3. The Morgan fingerprint density at radius 1 is 1.03 bits per heavy atom. The molecule has 0 bridgehead atoms. The standard InChI is InChI=1S/C24H24N4O4S/c1-3-21-27-28-22(25)18(23(29)26-24(28)33-21)14-16-10-11-19(20(15-16)30-4-2)32-13-12-31-17-8-6-5-7-9-17/h5-11,14-15,25H,3-4,12-13H2,1-2H3. The number of nitrogens with one attached hydrogen (secondary N) is 1. The summed E-state index contributed by atoms with van der Waals surface area (Å²) in [7, 11) is 0. The van der Waals surface area contributed by atoms with Crippen LogP contribution in [0.3, 0.4) is 0 Å². The highest BCUT2D eigenvalue weighted by atomic mass is 32.2. The zero-order valence-corrected chi connectivity index (χ0v) is 19.2. The lowest BCUT2D eigenvalue weighted by molar-refractivity contribution is -0.114. The lowest BCUT2D eigenvalue weighted by Gasteiger charge is -2.20. The maximum Gasteiger partial charge on any atom is 0.283 e. The van der Waals surface area contributed by atoms with Gasteiger partial charge in [-0.3, -0.25) is 10.2 Å². The van der Waals surface area contributed by atoms with Gasteiger partial charge in [-0.2, -0.15) is 15.1 Å². The van der Waals surface area contributed by atoms with Gasteiger partial charge in [0.1, 0.15) is 24.0 Å². The molecule has 0 saturated heterocycles. The van der Waals surface area contributed by atoms with E-state index in [2.05, 4.69) is 10.1 Å². The number of fused-ring (bicyclic) bond motifs is 1. The van der Waals surface area contributed by atoms with Crippen LogP contribution in [0.4, 0.5) is 0 Å². The van der Waals surface area contributed by atoms with Gasteiger partial charge in [-0.15, -0.1) is 0 Å². The third-order valence-corrected chi connectivity index (χ3v) is 5.78. The van der Waals surface area contributed by atoms with Crippen molar-refractivity contribution < 1.29 is 19.0 Å². The molecular formula is C24H24N4O4S. The molecule has 0 spiro atoms. The van der Waals surface area contributed by atoms with Gasteiger partial charge in [0.05, 0.1) is 12.2 Å². The van der Waals surface area contributed by atoms with Crippen molar-refractivity contribution in [3.8, 4) is 17.2 Å². The highest BCUT2D eigenvalue weighted by molar-refractivity contribution is 8.26. The largest absolute Gasteiger partial charge is 0.490 e. The van der Waals surface area contributed by atoms with Crippen LogP contribution in [0.5, 0.6) is 17.2 Å². The van der Waals surface area contributed by atoms with Crippen LogP contribution in [0.1, 0.15) is 25.8 Å². The fourth-order valence-corrected chi connectivity index (χ4v) is 4.00. The first-order valence-corrected chi connectivity index (χ1v) is 11.5. The topological polar surface area (TPSA) is 96.6 Å². The van der Waals surface area contributed by atoms with Crippen molar-refractivity contribution in [2.24, 2.45) is 10.1 Å². The molecule has 2 aromatic carbocycles. The van der Waals surface area contributed by atoms with E-state index in [4.69, 9.17) is 19.6 Å². The molecule has 9 heteroatoms. The second-order valence-corrected chi connectivity index (χ2v) is 8.06. The van der Waals surface area contributed by atoms with Crippen molar-refractivity contribution in [2.45, 2.75) is 20.3 Å². The molecule has 1 amide bonds. The highest BCUT2D eigenvalue weighted by Crippen LogP contribution is 2.32. The summed E-state index contributed by atoms with van der Waals surface area (Å²) in [6.07, 6.45) is 2.34. The summed E-state index contributed by atoms with van der Waals surface area (Å²) in [6.45, 7) is 5.05. The number of rotatable bonds is 9. The van der Waals surface area contributed by atoms with E-state index in [1.54, 1.807) is 18.2 Å². The molecule has 0 saturated carbocycles. The van der Waals surface area contributed by atoms with E-state index in [1.807, 2.05) is 50.2 Å². The minimum Gasteiger partial charge on any atom is -0.490 e. The van der Waals surface area contributed by atoms with Crippen molar-refractivity contribution in [1.82, 2.24) is 5.01 Å². The van der Waals surface area contributed by atoms with Gasteiger partial charge in [-0.25, -0.2) is 0 Å². The molecular weight excluding hydrogens is 440 g/mol. The Morgan fingerprint density at radius 2 is 1.82 bits per heavy atom. The number of thioether (sulfide) groups is 1. The van der Waals surface area contributed by atoms with E-state index in [9.17, 15) is 4.79 Å². The number of amides is 1. The number of aliphatic imine (C=N–C) groups is 1. The second kappa shape index (κ2) is 10.4. The fourth-order valence-electron chi connectivity index (χ4n) is 3.17. The Kier molecular flexibility index (Phi) is 7.09. The van der Waals surface area contributed by atoms with Crippen LogP contribution in [0, 0.1) is 5.41 Å². The molecule has 2 aliphatic rings. The number of para-hydroxylation sites is 1. The van der Waals surface area contributed by atoms with Gasteiger partial charge >= 0.3 is 0 Å². The monoisotopic (exact) mass is 464 g/mol. The SMILES string of the molecule is CCOc1cc(C=C2C(=N)N3N=C(CC)SC3=NC2=O)ccc1OCCOc1ccccc1. The van der Waals surface area contributed by atoms with Crippen LogP contribution < -0.4 is 14.2 Å². The van der Waals surface area contributed by atoms with Gasteiger partial charge < -0.3 is 14.2 Å². The summed E-state index contributed by atoms with van der Waals surface area (Å²) >= 11 is 1.32. The average Bonchev–Trinajstić information content (AvgIpc) is 3.25.